The van der Waals surface area contributed by atoms with E-state index in [-0.39, 0.29) is 0 Å². The van der Waals surface area contributed by atoms with Crippen LogP contribution in [0, 0.1) is 12.5 Å². The Balaban J connectivity index is 2.19. The number of anilines is 1. The van der Waals surface area contributed by atoms with Crippen LogP contribution in [0.2, 0.25) is 0 Å². The van der Waals surface area contributed by atoms with Gasteiger partial charge < -0.3 is 5.32 Å². The van der Waals surface area contributed by atoms with Crippen LogP contribution in [0.3, 0.4) is 0 Å². The van der Waals surface area contributed by atoms with E-state index in [4.69, 9.17) is 6.42 Å². The molecule has 3 rings (SSSR count). The predicted octanol–water partition coefficient (Wildman–Crippen LogP) is 4.51. The van der Waals surface area contributed by atoms with Gasteiger partial charge in [-0.15, -0.1) is 0 Å². The third-order valence-corrected chi connectivity index (χ3v) is 3.18. The summed E-state index contributed by atoms with van der Waals surface area (Å²) in [4.78, 5) is 0. The first-order valence-electron chi connectivity index (χ1n) is 6.18. The number of terminal acetylenes is 1. The summed E-state index contributed by atoms with van der Waals surface area (Å²) in [5, 5.41) is 5.39. The average Bonchev–Trinajstić information content (AvgIpc) is 2.47. The average molecular weight is 243 g/mol. The first kappa shape index (κ1) is 11.4. The van der Waals surface area contributed by atoms with Gasteiger partial charge in [0.05, 0.1) is 0 Å². The highest BCUT2D eigenvalue weighted by Gasteiger charge is 2.03. The van der Waals surface area contributed by atoms with E-state index in [9.17, 15) is 0 Å². The summed E-state index contributed by atoms with van der Waals surface area (Å²) < 4.78 is 0. The molecule has 0 aliphatic rings. The molecule has 0 unspecified atom stereocenters. The van der Waals surface area contributed by atoms with Crippen LogP contribution >= 0.6 is 0 Å². The zero-order valence-corrected chi connectivity index (χ0v) is 10.4. The lowest BCUT2D eigenvalue weighted by Crippen LogP contribution is -1.88. The second-order valence-corrected chi connectivity index (χ2v) is 4.38. The lowest BCUT2D eigenvalue weighted by atomic mass is 9.98. The Hall–Kier alpha value is -2.72. The van der Waals surface area contributed by atoms with Crippen molar-refractivity contribution in [2.45, 2.75) is 0 Å². The van der Waals surface area contributed by atoms with Gasteiger partial charge in [0.1, 0.15) is 0 Å². The van der Waals surface area contributed by atoms with Crippen LogP contribution in [0.4, 0.5) is 5.69 Å². The molecule has 0 amide bonds. The lowest BCUT2D eigenvalue weighted by Gasteiger charge is -2.08. The van der Waals surface area contributed by atoms with E-state index in [1.807, 2.05) is 12.1 Å². The van der Waals surface area contributed by atoms with Crippen molar-refractivity contribution in [3.63, 3.8) is 0 Å². The van der Waals surface area contributed by atoms with E-state index in [0.717, 1.165) is 11.3 Å². The Morgan fingerprint density at radius 3 is 2.53 bits per heavy atom. The minimum atomic E-state index is 0.938. The minimum absolute atomic E-state index is 0.938. The first-order valence-corrected chi connectivity index (χ1v) is 6.18. The number of benzene rings is 3. The molecule has 1 N–H and O–H groups in total. The molecule has 0 aromatic heterocycles. The highest BCUT2D eigenvalue weighted by molar-refractivity contribution is 5.97. The first-order chi connectivity index (χ1) is 9.38. The summed E-state index contributed by atoms with van der Waals surface area (Å²) in [5.41, 5.74) is 3.32. The molecule has 19 heavy (non-hydrogen) atoms. The van der Waals surface area contributed by atoms with E-state index in [1.165, 1.54) is 16.3 Å². The van der Waals surface area contributed by atoms with E-state index >= 15 is 0 Å². The summed E-state index contributed by atoms with van der Waals surface area (Å²) in [5.74, 6) is 0. The molecular weight excluding hydrogens is 230 g/mol. The van der Waals surface area contributed by atoms with Crippen molar-refractivity contribution < 1.29 is 0 Å². The fourth-order valence-electron chi connectivity index (χ4n) is 2.32. The minimum Gasteiger partial charge on any atom is -0.315 e. The summed E-state index contributed by atoms with van der Waals surface area (Å²) in [6.45, 7) is 0. The molecule has 3 aromatic carbocycles. The Morgan fingerprint density at radius 1 is 0.842 bits per heavy atom. The van der Waals surface area contributed by atoms with Crippen molar-refractivity contribution in [2.75, 3.05) is 5.32 Å². The van der Waals surface area contributed by atoms with Crippen molar-refractivity contribution in [2.24, 2.45) is 0 Å². The summed E-state index contributed by atoms with van der Waals surface area (Å²) in [6.07, 6.45) is 5.28. The maximum Gasteiger partial charge on any atom is 0.0465 e. The third kappa shape index (κ3) is 2.17. The largest absolute Gasteiger partial charge is 0.315 e. The molecular formula is C18H13N. The van der Waals surface area contributed by atoms with E-state index in [2.05, 4.69) is 66.0 Å². The molecule has 0 heterocycles. The van der Waals surface area contributed by atoms with Gasteiger partial charge in [-0.1, -0.05) is 61.0 Å². The van der Waals surface area contributed by atoms with Crippen LogP contribution < -0.4 is 5.32 Å². The van der Waals surface area contributed by atoms with Gasteiger partial charge in [0.2, 0.25) is 0 Å². The fraction of sp³-hybridized carbons (Fsp3) is 0. The van der Waals surface area contributed by atoms with E-state index < -0.39 is 0 Å². The molecule has 0 aliphatic carbocycles. The second-order valence-electron chi connectivity index (χ2n) is 4.38. The molecule has 0 aliphatic heterocycles. The summed E-state index contributed by atoms with van der Waals surface area (Å²) in [6, 6.07) is 25.3. The van der Waals surface area contributed by atoms with Crippen LogP contribution in [-0.4, -0.2) is 0 Å². The van der Waals surface area contributed by atoms with Crippen molar-refractivity contribution >= 4 is 16.5 Å². The fourth-order valence-corrected chi connectivity index (χ4v) is 2.32. The van der Waals surface area contributed by atoms with Gasteiger partial charge >= 0.3 is 0 Å². The number of hydrogen-bond donors (Lipinski definition) is 1. The molecule has 0 saturated carbocycles. The molecule has 0 saturated heterocycles. The predicted molar refractivity (Wildman–Crippen MR) is 81.8 cm³/mol. The van der Waals surface area contributed by atoms with Gasteiger partial charge in [0, 0.05) is 11.7 Å². The van der Waals surface area contributed by atoms with E-state index in [0.29, 0.717) is 0 Å². The van der Waals surface area contributed by atoms with Crippen LogP contribution in [0.25, 0.3) is 21.9 Å². The quantitative estimate of drug-likeness (QED) is 0.516. The van der Waals surface area contributed by atoms with Crippen LogP contribution in [-0.2, 0) is 0 Å². The molecule has 0 radical (unpaired) electrons. The smallest absolute Gasteiger partial charge is 0.0465 e. The molecule has 0 atom stereocenters. The van der Waals surface area contributed by atoms with Gasteiger partial charge in [-0.05, 0) is 34.0 Å². The van der Waals surface area contributed by atoms with Crippen molar-refractivity contribution in [3.05, 3.63) is 66.7 Å². The molecule has 0 bridgehead atoms. The van der Waals surface area contributed by atoms with Crippen molar-refractivity contribution in [3.8, 4) is 23.6 Å². The van der Waals surface area contributed by atoms with Crippen molar-refractivity contribution in [1.29, 1.82) is 0 Å². The van der Waals surface area contributed by atoms with Gasteiger partial charge in [-0.25, -0.2) is 0 Å². The SMILES string of the molecule is C#CNc1cccc(-c2cccc3ccccc23)c1. The Morgan fingerprint density at radius 2 is 1.63 bits per heavy atom. The number of rotatable bonds is 2. The number of nitrogens with one attached hydrogen (secondary N) is 1. The Bertz CT molecular complexity index is 760. The van der Waals surface area contributed by atoms with Gasteiger partial charge in [-0.2, -0.15) is 0 Å². The van der Waals surface area contributed by atoms with E-state index in [1.54, 1.807) is 0 Å². The van der Waals surface area contributed by atoms with Crippen LogP contribution in [0.5, 0.6) is 0 Å². The van der Waals surface area contributed by atoms with Crippen LogP contribution in [0.1, 0.15) is 0 Å². The molecule has 0 spiro atoms. The normalized spacial score (nSPS) is 10.1. The number of fused-ring (bicyclic) bond motifs is 1. The van der Waals surface area contributed by atoms with Crippen molar-refractivity contribution in [1.82, 2.24) is 0 Å². The number of hydrogen-bond acceptors (Lipinski definition) is 1. The highest BCUT2D eigenvalue weighted by atomic mass is 14.8. The third-order valence-electron chi connectivity index (χ3n) is 3.18. The lowest BCUT2D eigenvalue weighted by molar-refractivity contribution is 1.61. The Labute approximate surface area is 112 Å². The molecule has 1 nitrogen and oxygen atoms in total. The second kappa shape index (κ2) is 4.88. The zero-order chi connectivity index (χ0) is 13.1. The van der Waals surface area contributed by atoms with Gasteiger partial charge in [0.15, 0.2) is 0 Å². The van der Waals surface area contributed by atoms with Gasteiger partial charge in [0.25, 0.3) is 0 Å². The molecule has 90 valence electrons. The maximum atomic E-state index is 5.28. The van der Waals surface area contributed by atoms with Gasteiger partial charge in [-0.3, -0.25) is 0 Å². The van der Waals surface area contributed by atoms with Crippen LogP contribution in [0.15, 0.2) is 66.7 Å². The Kier molecular flexibility index (Phi) is 2.92. The zero-order valence-electron chi connectivity index (χ0n) is 10.4. The highest BCUT2D eigenvalue weighted by Crippen LogP contribution is 2.29. The maximum absolute atomic E-state index is 5.28. The monoisotopic (exact) mass is 243 g/mol. The summed E-state index contributed by atoms with van der Waals surface area (Å²) >= 11 is 0. The molecule has 3 aromatic rings. The topological polar surface area (TPSA) is 12.0 Å². The molecule has 1 heteroatoms. The standard InChI is InChI=1S/C18H13N/c1-2-19-16-10-5-9-15(13-16)18-12-6-8-14-7-3-4-11-17(14)18/h1,3-13,19H. The summed E-state index contributed by atoms with van der Waals surface area (Å²) in [7, 11) is 0. The molecule has 0 fully saturated rings.